The van der Waals surface area contributed by atoms with E-state index in [4.69, 9.17) is 0 Å². The molecule has 0 aromatic heterocycles. The number of hydrogen-bond acceptors (Lipinski definition) is 5. The van der Waals surface area contributed by atoms with Gasteiger partial charge in [-0.2, -0.15) is 0 Å². The Kier molecular flexibility index (Phi) is 10.5. The molecule has 3 N–H and O–H groups in total. The minimum absolute atomic E-state index is 0. The highest BCUT2D eigenvalue weighted by Gasteiger charge is 2.15. The van der Waals surface area contributed by atoms with Crippen molar-refractivity contribution in [2.45, 2.75) is 11.8 Å². The minimum Gasteiger partial charge on any atom is -0.326 e. The van der Waals surface area contributed by atoms with Crippen molar-refractivity contribution in [2.24, 2.45) is 0 Å². The smallest absolute Gasteiger partial charge is 0.240 e. The van der Waals surface area contributed by atoms with Crippen molar-refractivity contribution < 1.29 is 13.2 Å². The largest absolute Gasteiger partial charge is 0.326 e. The molecule has 0 atom stereocenters. The van der Waals surface area contributed by atoms with Crippen molar-refractivity contribution in [3.05, 3.63) is 24.3 Å². The topological polar surface area (TPSA) is 90.5 Å². The summed E-state index contributed by atoms with van der Waals surface area (Å²) in [4.78, 5) is 13.4. The third-order valence-corrected chi connectivity index (χ3v) is 4.89. The lowest BCUT2D eigenvalue weighted by Crippen LogP contribution is -2.46. The number of sulfonamides is 1. The molecule has 2 rings (SSSR count). The van der Waals surface area contributed by atoms with E-state index in [9.17, 15) is 13.2 Å². The number of anilines is 1. The number of benzene rings is 1. The third kappa shape index (κ3) is 7.33. The molecular formula is C14H24Cl2N4O3S. The number of nitrogens with one attached hydrogen (secondary N) is 3. The molecular weight excluding hydrogens is 375 g/mol. The summed E-state index contributed by atoms with van der Waals surface area (Å²) >= 11 is 0. The molecule has 0 aliphatic carbocycles. The van der Waals surface area contributed by atoms with Crippen molar-refractivity contribution in [3.63, 3.8) is 0 Å². The first-order valence-electron chi connectivity index (χ1n) is 7.28. The van der Waals surface area contributed by atoms with Crippen LogP contribution in [-0.2, 0) is 14.8 Å². The molecule has 1 aliphatic rings. The summed E-state index contributed by atoms with van der Waals surface area (Å²) in [5, 5.41) is 5.86. The van der Waals surface area contributed by atoms with Crippen LogP contribution in [0.1, 0.15) is 6.92 Å². The average Bonchev–Trinajstić information content (AvgIpc) is 2.48. The molecule has 10 heteroatoms. The van der Waals surface area contributed by atoms with Gasteiger partial charge in [-0.1, -0.05) is 0 Å². The summed E-state index contributed by atoms with van der Waals surface area (Å²) < 4.78 is 27.0. The number of piperazine rings is 1. The van der Waals surface area contributed by atoms with E-state index in [-0.39, 0.29) is 35.6 Å². The van der Waals surface area contributed by atoms with E-state index >= 15 is 0 Å². The van der Waals surface area contributed by atoms with Crippen LogP contribution in [0, 0.1) is 0 Å². The van der Waals surface area contributed by atoms with Gasteiger partial charge < -0.3 is 10.6 Å². The molecule has 1 aromatic rings. The Morgan fingerprint density at radius 1 is 1.17 bits per heavy atom. The fraction of sp³-hybridized carbons (Fsp3) is 0.500. The SMILES string of the molecule is CC(=O)Nc1ccc(S(=O)(=O)NCCN2CCNCC2)cc1.Cl.Cl. The Labute approximate surface area is 155 Å². The molecule has 0 spiro atoms. The first-order chi connectivity index (χ1) is 10.5. The van der Waals surface area contributed by atoms with Crippen molar-refractivity contribution in [3.8, 4) is 0 Å². The number of amides is 1. The van der Waals surface area contributed by atoms with Gasteiger partial charge in [-0.15, -0.1) is 24.8 Å². The number of nitrogens with zero attached hydrogens (tertiary/aromatic N) is 1. The maximum Gasteiger partial charge on any atom is 0.240 e. The lowest BCUT2D eigenvalue weighted by molar-refractivity contribution is -0.114. The van der Waals surface area contributed by atoms with E-state index in [1.54, 1.807) is 12.1 Å². The number of carbonyl (C=O) groups is 1. The van der Waals surface area contributed by atoms with Gasteiger partial charge >= 0.3 is 0 Å². The van der Waals surface area contributed by atoms with Crippen LogP contribution in [0.3, 0.4) is 0 Å². The number of rotatable bonds is 6. The Balaban J connectivity index is 0.00000264. The molecule has 0 unspecified atom stereocenters. The Bertz CT molecular complexity index is 605. The van der Waals surface area contributed by atoms with Gasteiger partial charge in [-0.3, -0.25) is 9.69 Å². The summed E-state index contributed by atoms with van der Waals surface area (Å²) in [7, 11) is -3.51. The second-order valence-corrected chi connectivity index (χ2v) is 6.96. The molecule has 138 valence electrons. The maximum absolute atomic E-state index is 12.2. The van der Waals surface area contributed by atoms with Crippen LogP contribution in [0.25, 0.3) is 0 Å². The molecule has 1 aliphatic heterocycles. The lowest BCUT2D eigenvalue weighted by Gasteiger charge is -2.27. The summed E-state index contributed by atoms with van der Waals surface area (Å²) in [5.41, 5.74) is 0.576. The van der Waals surface area contributed by atoms with E-state index < -0.39 is 10.0 Å². The van der Waals surface area contributed by atoms with Gasteiger partial charge in [0.2, 0.25) is 15.9 Å². The predicted molar refractivity (Wildman–Crippen MR) is 99.7 cm³/mol. The zero-order valence-corrected chi connectivity index (χ0v) is 15.9. The zero-order valence-electron chi connectivity index (χ0n) is 13.4. The van der Waals surface area contributed by atoms with Gasteiger partial charge in [-0.25, -0.2) is 13.1 Å². The van der Waals surface area contributed by atoms with Gasteiger partial charge in [0, 0.05) is 51.9 Å². The van der Waals surface area contributed by atoms with Crippen molar-refractivity contribution in [2.75, 3.05) is 44.6 Å². The highest BCUT2D eigenvalue weighted by molar-refractivity contribution is 7.89. The highest BCUT2D eigenvalue weighted by Crippen LogP contribution is 2.13. The predicted octanol–water partition coefficient (Wildman–Crippen LogP) is 0.672. The van der Waals surface area contributed by atoms with E-state index in [2.05, 4.69) is 20.3 Å². The van der Waals surface area contributed by atoms with Gasteiger partial charge in [0.25, 0.3) is 0 Å². The summed E-state index contributed by atoms with van der Waals surface area (Å²) in [6.45, 7) is 6.25. The standard InChI is InChI=1S/C14H22N4O3S.2ClH/c1-12(19)17-13-2-4-14(5-3-13)22(20,21)16-8-11-18-9-6-15-7-10-18;;/h2-5,15-16H,6-11H2,1H3,(H,17,19);2*1H. The molecule has 1 amide bonds. The van der Waals surface area contributed by atoms with Crippen LogP contribution in [0.5, 0.6) is 0 Å². The number of carbonyl (C=O) groups excluding carboxylic acids is 1. The number of hydrogen-bond donors (Lipinski definition) is 3. The zero-order chi connectivity index (χ0) is 16.0. The van der Waals surface area contributed by atoms with Crippen LogP contribution in [0.2, 0.25) is 0 Å². The molecule has 1 aromatic carbocycles. The van der Waals surface area contributed by atoms with Gasteiger partial charge in [0.1, 0.15) is 0 Å². The van der Waals surface area contributed by atoms with Crippen LogP contribution < -0.4 is 15.4 Å². The maximum atomic E-state index is 12.2. The van der Waals surface area contributed by atoms with E-state index in [1.807, 2.05) is 0 Å². The van der Waals surface area contributed by atoms with Crippen LogP contribution in [0.15, 0.2) is 29.2 Å². The fourth-order valence-electron chi connectivity index (χ4n) is 2.28. The quantitative estimate of drug-likeness (QED) is 0.654. The fourth-order valence-corrected chi connectivity index (χ4v) is 3.30. The first kappa shape index (κ1) is 23.1. The summed E-state index contributed by atoms with van der Waals surface area (Å²) in [6.07, 6.45) is 0. The van der Waals surface area contributed by atoms with E-state index in [0.29, 0.717) is 18.8 Å². The van der Waals surface area contributed by atoms with Gasteiger partial charge in [-0.05, 0) is 24.3 Å². The van der Waals surface area contributed by atoms with Crippen LogP contribution in [0.4, 0.5) is 5.69 Å². The van der Waals surface area contributed by atoms with E-state index in [1.165, 1.54) is 19.1 Å². The molecule has 0 radical (unpaired) electrons. The second kappa shape index (κ2) is 10.9. The molecule has 7 nitrogen and oxygen atoms in total. The third-order valence-electron chi connectivity index (χ3n) is 3.41. The van der Waals surface area contributed by atoms with Gasteiger partial charge in [0.05, 0.1) is 4.90 Å². The van der Waals surface area contributed by atoms with Crippen molar-refractivity contribution >= 4 is 46.4 Å². The van der Waals surface area contributed by atoms with Gasteiger partial charge in [0.15, 0.2) is 0 Å². The van der Waals surface area contributed by atoms with Crippen molar-refractivity contribution in [1.82, 2.24) is 14.9 Å². The highest BCUT2D eigenvalue weighted by atomic mass is 35.5. The first-order valence-corrected chi connectivity index (χ1v) is 8.76. The molecule has 1 heterocycles. The van der Waals surface area contributed by atoms with E-state index in [0.717, 1.165) is 26.2 Å². The Morgan fingerprint density at radius 3 is 2.29 bits per heavy atom. The lowest BCUT2D eigenvalue weighted by atomic mass is 10.3. The molecule has 24 heavy (non-hydrogen) atoms. The van der Waals surface area contributed by atoms with Crippen LogP contribution in [-0.4, -0.2) is 58.5 Å². The average molecular weight is 399 g/mol. The number of halogens is 2. The second-order valence-electron chi connectivity index (χ2n) is 5.19. The van der Waals surface area contributed by atoms with Crippen LogP contribution >= 0.6 is 24.8 Å². The molecule has 0 bridgehead atoms. The molecule has 0 saturated carbocycles. The Hall–Kier alpha value is -0.900. The summed E-state index contributed by atoms with van der Waals surface area (Å²) in [5.74, 6) is -0.190. The monoisotopic (exact) mass is 398 g/mol. The normalized spacial score (nSPS) is 15.0. The Morgan fingerprint density at radius 2 is 1.75 bits per heavy atom. The molecule has 1 saturated heterocycles. The minimum atomic E-state index is -3.51. The van der Waals surface area contributed by atoms with Crippen molar-refractivity contribution in [1.29, 1.82) is 0 Å². The molecule has 1 fully saturated rings. The summed E-state index contributed by atoms with van der Waals surface area (Å²) in [6, 6.07) is 6.12.